The Morgan fingerprint density at radius 2 is 2.14 bits per heavy atom. The molecule has 6 nitrogen and oxygen atoms in total. The fourth-order valence-corrected chi connectivity index (χ4v) is 2.24. The lowest BCUT2D eigenvalue weighted by Gasteiger charge is -2.29. The van der Waals surface area contributed by atoms with Gasteiger partial charge in [0.2, 0.25) is 0 Å². The van der Waals surface area contributed by atoms with E-state index in [2.05, 4.69) is 37.9 Å². The maximum Gasteiger partial charge on any atom is 0.330 e. The van der Waals surface area contributed by atoms with Crippen LogP contribution in [0.4, 0.5) is 0 Å². The molecule has 1 aromatic carbocycles. The van der Waals surface area contributed by atoms with E-state index in [1.165, 1.54) is 0 Å². The Labute approximate surface area is 138 Å². The van der Waals surface area contributed by atoms with Crippen LogP contribution in [0.15, 0.2) is 29.4 Å². The van der Waals surface area contributed by atoms with Crippen LogP contribution in [0.1, 0.15) is 25.8 Å². The fraction of sp³-hybridized carbons (Fsp3) is 0.500. The summed E-state index contributed by atoms with van der Waals surface area (Å²) in [6.45, 7) is 4.88. The minimum atomic E-state index is -0.906. The van der Waals surface area contributed by atoms with Crippen LogP contribution in [0.2, 0.25) is 0 Å². The first-order valence-electron chi connectivity index (χ1n) is 6.73. The number of carbonyl (C=O) groups is 1. The van der Waals surface area contributed by atoms with E-state index < -0.39 is 5.54 Å². The van der Waals surface area contributed by atoms with E-state index in [0.717, 1.165) is 9.13 Å². The van der Waals surface area contributed by atoms with Crippen LogP contribution >= 0.6 is 22.6 Å². The highest BCUT2D eigenvalue weighted by Crippen LogP contribution is 2.23. The summed E-state index contributed by atoms with van der Waals surface area (Å²) in [5.74, 6) is -0.310. The van der Waals surface area contributed by atoms with E-state index in [9.17, 15) is 4.79 Å². The molecular weight excluding hydrogens is 383 g/mol. The Bertz CT molecular complexity index is 514. The van der Waals surface area contributed by atoms with Gasteiger partial charge in [0.05, 0.1) is 6.61 Å². The van der Waals surface area contributed by atoms with Crippen LogP contribution in [0.25, 0.3) is 10.4 Å². The van der Waals surface area contributed by atoms with E-state index in [4.69, 9.17) is 10.3 Å². The summed E-state index contributed by atoms with van der Waals surface area (Å²) in [7, 11) is 0. The maximum absolute atomic E-state index is 12.3. The SMILES string of the molecule is CCOC(=O)C(C)(NCCCN=[N+]=[N-])c1ccc(I)cc1. The Kier molecular flexibility index (Phi) is 7.49. The average molecular weight is 402 g/mol. The summed E-state index contributed by atoms with van der Waals surface area (Å²) in [6.07, 6.45) is 0.656. The van der Waals surface area contributed by atoms with Gasteiger partial charge in [-0.2, -0.15) is 0 Å². The summed E-state index contributed by atoms with van der Waals surface area (Å²) >= 11 is 2.22. The molecule has 0 aromatic heterocycles. The topological polar surface area (TPSA) is 87.1 Å². The molecule has 0 aliphatic rings. The molecule has 1 N–H and O–H groups in total. The van der Waals surface area contributed by atoms with Crippen molar-refractivity contribution in [2.24, 2.45) is 5.11 Å². The first-order valence-corrected chi connectivity index (χ1v) is 7.81. The molecular formula is C14H19IN4O2. The molecule has 1 rings (SSSR count). The maximum atomic E-state index is 12.3. The van der Waals surface area contributed by atoms with E-state index in [1.54, 1.807) is 13.8 Å². The summed E-state index contributed by atoms with van der Waals surface area (Å²) in [5.41, 5.74) is 8.20. The lowest BCUT2D eigenvalue weighted by molar-refractivity contribution is -0.151. The van der Waals surface area contributed by atoms with Crippen molar-refractivity contribution in [3.8, 4) is 0 Å². The number of rotatable bonds is 8. The van der Waals surface area contributed by atoms with E-state index in [0.29, 0.717) is 26.1 Å². The minimum Gasteiger partial charge on any atom is -0.464 e. The summed E-state index contributed by atoms with van der Waals surface area (Å²) in [5, 5.41) is 6.70. The van der Waals surface area contributed by atoms with E-state index in [1.807, 2.05) is 24.3 Å². The zero-order valence-electron chi connectivity index (χ0n) is 12.2. The van der Waals surface area contributed by atoms with Crippen LogP contribution in [-0.4, -0.2) is 25.7 Å². The standard InChI is InChI=1S/C14H19IN4O2/c1-3-21-13(20)14(2,17-9-4-10-18-19-16)11-5-7-12(15)8-6-11/h5-8,17H,3-4,9-10H2,1-2H3. The van der Waals surface area contributed by atoms with Gasteiger partial charge in [-0.15, -0.1) is 0 Å². The Morgan fingerprint density at radius 1 is 1.48 bits per heavy atom. The normalized spacial score (nSPS) is 13.1. The first-order chi connectivity index (χ1) is 10.0. The number of hydrogen-bond acceptors (Lipinski definition) is 4. The monoisotopic (exact) mass is 402 g/mol. The molecule has 1 atom stereocenters. The van der Waals surface area contributed by atoms with Crippen molar-refractivity contribution in [1.82, 2.24) is 5.32 Å². The van der Waals surface area contributed by atoms with E-state index in [-0.39, 0.29) is 5.97 Å². The van der Waals surface area contributed by atoms with Gasteiger partial charge in [-0.05, 0) is 72.6 Å². The highest BCUT2D eigenvalue weighted by Gasteiger charge is 2.36. The van der Waals surface area contributed by atoms with Crippen molar-refractivity contribution in [2.75, 3.05) is 19.7 Å². The number of nitrogens with zero attached hydrogens (tertiary/aromatic N) is 3. The highest BCUT2D eigenvalue weighted by molar-refractivity contribution is 14.1. The minimum absolute atomic E-state index is 0.310. The van der Waals surface area contributed by atoms with Gasteiger partial charge in [-0.3, -0.25) is 5.32 Å². The molecule has 0 heterocycles. The van der Waals surface area contributed by atoms with Gasteiger partial charge in [0.15, 0.2) is 0 Å². The number of halogens is 1. The molecule has 21 heavy (non-hydrogen) atoms. The van der Waals surface area contributed by atoms with Crippen LogP contribution in [-0.2, 0) is 15.1 Å². The number of benzene rings is 1. The second-order valence-electron chi connectivity index (χ2n) is 4.59. The molecule has 0 radical (unpaired) electrons. The Hall–Kier alpha value is -1.31. The molecule has 0 aliphatic heterocycles. The van der Waals surface area contributed by atoms with Crippen LogP contribution in [0.3, 0.4) is 0 Å². The van der Waals surface area contributed by atoms with Crippen molar-refractivity contribution in [3.63, 3.8) is 0 Å². The van der Waals surface area contributed by atoms with Crippen molar-refractivity contribution < 1.29 is 9.53 Å². The molecule has 1 aromatic rings. The molecule has 1 unspecified atom stereocenters. The van der Waals surface area contributed by atoms with Gasteiger partial charge in [0.25, 0.3) is 0 Å². The fourth-order valence-electron chi connectivity index (χ4n) is 1.88. The molecule has 0 saturated carbocycles. The molecule has 7 heteroatoms. The van der Waals surface area contributed by atoms with Crippen LogP contribution in [0.5, 0.6) is 0 Å². The van der Waals surface area contributed by atoms with Crippen molar-refractivity contribution in [2.45, 2.75) is 25.8 Å². The number of nitrogens with one attached hydrogen (secondary N) is 1. The lowest BCUT2D eigenvalue weighted by atomic mass is 9.92. The molecule has 0 saturated heterocycles. The number of hydrogen-bond donors (Lipinski definition) is 1. The van der Waals surface area contributed by atoms with Gasteiger partial charge >= 0.3 is 5.97 Å². The van der Waals surface area contributed by atoms with E-state index >= 15 is 0 Å². The first kappa shape index (κ1) is 17.7. The quantitative estimate of drug-likeness (QED) is 0.181. The highest BCUT2D eigenvalue weighted by atomic mass is 127. The molecule has 114 valence electrons. The smallest absolute Gasteiger partial charge is 0.330 e. The summed E-state index contributed by atoms with van der Waals surface area (Å²) in [6, 6.07) is 7.74. The second-order valence-corrected chi connectivity index (χ2v) is 5.83. The van der Waals surface area contributed by atoms with Crippen molar-refractivity contribution in [3.05, 3.63) is 43.8 Å². The van der Waals surface area contributed by atoms with Crippen LogP contribution < -0.4 is 5.32 Å². The number of ether oxygens (including phenoxy) is 1. The number of carbonyl (C=O) groups excluding carboxylic acids is 1. The number of esters is 1. The Balaban J connectivity index is 2.86. The average Bonchev–Trinajstić information content (AvgIpc) is 2.47. The molecule has 0 amide bonds. The van der Waals surface area contributed by atoms with Gasteiger partial charge in [0, 0.05) is 15.0 Å². The largest absolute Gasteiger partial charge is 0.464 e. The predicted octanol–water partition coefficient (Wildman–Crippen LogP) is 3.36. The number of azide groups is 1. The molecule has 0 aliphatic carbocycles. The lowest BCUT2D eigenvalue weighted by Crippen LogP contribution is -2.48. The van der Waals surface area contributed by atoms with Crippen molar-refractivity contribution >= 4 is 28.6 Å². The molecule has 0 bridgehead atoms. The third-order valence-corrected chi connectivity index (χ3v) is 3.80. The van der Waals surface area contributed by atoms with Gasteiger partial charge in [-0.25, -0.2) is 4.79 Å². The summed E-state index contributed by atoms with van der Waals surface area (Å²) < 4.78 is 6.29. The summed E-state index contributed by atoms with van der Waals surface area (Å²) in [4.78, 5) is 15.0. The van der Waals surface area contributed by atoms with Gasteiger partial charge < -0.3 is 4.74 Å². The predicted molar refractivity (Wildman–Crippen MR) is 89.8 cm³/mol. The molecule has 0 spiro atoms. The Morgan fingerprint density at radius 3 is 2.71 bits per heavy atom. The third kappa shape index (κ3) is 5.18. The van der Waals surface area contributed by atoms with Gasteiger partial charge in [-0.1, -0.05) is 17.2 Å². The van der Waals surface area contributed by atoms with Crippen LogP contribution in [0, 0.1) is 3.57 Å². The zero-order valence-corrected chi connectivity index (χ0v) is 14.3. The third-order valence-electron chi connectivity index (χ3n) is 3.08. The zero-order chi connectivity index (χ0) is 15.7. The molecule has 0 fully saturated rings. The van der Waals surface area contributed by atoms with Gasteiger partial charge in [0.1, 0.15) is 5.54 Å². The second kappa shape index (κ2) is 8.86. The van der Waals surface area contributed by atoms with Crippen molar-refractivity contribution in [1.29, 1.82) is 0 Å².